The Morgan fingerprint density at radius 2 is 1.67 bits per heavy atom. The average Bonchev–Trinajstić information content (AvgIpc) is 2.61. The number of anilines is 1. The molecule has 2 aromatic carbocycles. The van der Waals surface area contributed by atoms with Gasteiger partial charge in [-0.1, -0.05) is 57.2 Å². The van der Waals surface area contributed by atoms with Crippen LogP contribution in [0.3, 0.4) is 0 Å². The molecular formula is C21H25F3N2O. The van der Waals surface area contributed by atoms with Crippen molar-refractivity contribution in [2.45, 2.75) is 39.4 Å². The van der Waals surface area contributed by atoms with Crippen molar-refractivity contribution in [1.29, 1.82) is 0 Å². The Balaban J connectivity index is 2.04. The number of para-hydroxylation sites is 1. The van der Waals surface area contributed by atoms with Crippen molar-refractivity contribution < 1.29 is 18.0 Å². The van der Waals surface area contributed by atoms with Crippen LogP contribution in [-0.2, 0) is 17.4 Å². The number of amides is 1. The van der Waals surface area contributed by atoms with E-state index < -0.39 is 17.6 Å². The second-order valence-corrected chi connectivity index (χ2v) is 6.79. The molecule has 0 bridgehead atoms. The van der Waals surface area contributed by atoms with Crippen LogP contribution in [-0.4, -0.2) is 12.5 Å². The number of hydrogen-bond acceptors (Lipinski definition) is 2. The molecule has 0 unspecified atom stereocenters. The zero-order valence-corrected chi connectivity index (χ0v) is 15.7. The fourth-order valence-electron chi connectivity index (χ4n) is 2.94. The van der Waals surface area contributed by atoms with Crippen molar-refractivity contribution in [3.05, 3.63) is 65.2 Å². The molecule has 0 heterocycles. The second kappa shape index (κ2) is 9.04. The third kappa shape index (κ3) is 5.82. The summed E-state index contributed by atoms with van der Waals surface area (Å²) in [4.78, 5) is 12.2. The molecule has 0 spiro atoms. The van der Waals surface area contributed by atoms with Crippen molar-refractivity contribution >= 4 is 11.6 Å². The van der Waals surface area contributed by atoms with E-state index >= 15 is 0 Å². The summed E-state index contributed by atoms with van der Waals surface area (Å²) in [7, 11) is 0. The first-order valence-electron chi connectivity index (χ1n) is 9.00. The lowest BCUT2D eigenvalue weighted by Crippen LogP contribution is -2.34. The van der Waals surface area contributed by atoms with Crippen molar-refractivity contribution in [1.82, 2.24) is 5.32 Å². The molecule has 0 radical (unpaired) electrons. The van der Waals surface area contributed by atoms with Crippen LogP contribution in [0.15, 0.2) is 48.5 Å². The third-order valence-corrected chi connectivity index (χ3v) is 4.40. The average molecular weight is 378 g/mol. The summed E-state index contributed by atoms with van der Waals surface area (Å²) in [5.74, 6) is -0.296. The van der Waals surface area contributed by atoms with Crippen LogP contribution < -0.4 is 10.6 Å². The number of hydrogen-bond donors (Lipinski definition) is 2. The molecule has 2 aromatic rings. The predicted octanol–water partition coefficient (Wildman–Crippen LogP) is 5.19. The van der Waals surface area contributed by atoms with Crippen LogP contribution in [0.1, 0.15) is 43.5 Å². The minimum Gasteiger partial charge on any atom is -0.324 e. The normalized spacial score (nSPS) is 12.9. The van der Waals surface area contributed by atoms with Gasteiger partial charge < -0.3 is 10.6 Å². The molecule has 2 rings (SSSR count). The molecule has 0 saturated heterocycles. The number of benzene rings is 2. The van der Waals surface area contributed by atoms with Gasteiger partial charge in [-0.25, -0.2) is 0 Å². The highest BCUT2D eigenvalue weighted by Crippen LogP contribution is 2.34. The second-order valence-electron chi connectivity index (χ2n) is 6.79. The van der Waals surface area contributed by atoms with Gasteiger partial charge in [-0.15, -0.1) is 0 Å². The zero-order chi connectivity index (χ0) is 20.0. The van der Waals surface area contributed by atoms with Crippen LogP contribution in [0.4, 0.5) is 18.9 Å². The van der Waals surface area contributed by atoms with E-state index in [9.17, 15) is 18.0 Å². The third-order valence-electron chi connectivity index (χ3n) is 4.40. The van der Waals surface area contributed by atoms with Crippen LogP contribution in [0.5, 0.6) is 0 Å². The Morgan fingerprint density at radius 3 is 2.22 bits per heavy atom. The highest BCUT2D eigenvalue weighted by Gasteiger charge is 2.33. The minimum atomic E-state index is -4.52. The first-order chi connectivity index (χ1) is 12.7. The fourth-order valence-corrected chi connectivity index (χ4v) is 2.94. The molecule has 1 amide bonds. The van der Waals surface area contributed by atoms with E-state index in [0.29, 0.717) is 0 Å². The number of carbonyl (C=O) groups is 1. The number of halogens is 3. The maximum absolute atomic E-state index is 13.0. The highest BCUT2D eigenvalue weighted by atomic mass is 19.4. The van der Waals surface area contributed by atoms with E-state index in [4.69, 9.17) is 0 Å². The van der Waals surface area contributed by atoms with Crippen molar-refractivity contribution in [2.75, 3.05) is 11.9 Å². The van der Waals surface area contributed by atoms with Gasteiger partial charge in [0.25, 0.3) is 0 Å². The van der Waals surface area contributed by atoms with Gasteiger partial charge in [0.1, 0.15) is 0 Å². The van der Waals surface area contributed by atoms with Gasteiger partial charge in [-0.3, -0.25) is 4.79 Å². The first-order valence-corrected chi connectivity index (χ1v) is 9.00. The van der Waals surface area contributed by atoms with Crippen molar-refractivity contribution in [3.63, 3.8) is 0 Å². The fraction of sp³-hybridized carbons (Fsp3) is 0.381. The van der Waals surface area contributed by atoms with Crippen molar-refractivity contribution in [2.24, 2.45) is 5.92 Å². The van der Waals surface area contributed by atoms with E-state index in [-0.39, 0.29) is 24.2 Å². The first kappa shape index (κ1) is 21.0. The largest absolute Gasteiger partial charge is 0.418 e. The van der Waals surface area contributed by atoms with Crippen LogP contribution in [0, 0.1) is 5.92 Å². The number of rotatable bonds is 7. The monoisotopic (exact) mass is 378 g/mol. The van der Waals surface area contributed by atoms with Crippen LogP contribution >= 0.6 is 0 Å². The molecule has 0 aliphatic rings. The summed E-state index contributed by atoms with van der Waals surface area (Å²) in [6.07, 6.45) is -3.57. The molecule has 3 nitrogen and oxygen atoms in total. The molecule has 0 fully saturated rings. The Labute approximate surface area is 158 Å². The number of carbonyl (C=O) groups excluding carboxylic acids is 1. The Morgan fingerprint density at radius 1 is 1.04 bits per heavy atom. The van der Waals surface area contributed by atoms with Gasteiger partial charge in [0.05, 0.1) is 17.8 Å². The standard InChI is InChI=1S/C21H25F3N2O/c1-4-15-9-11-16(12-10-15)20(14(2)3)25-13-19(27)26-18-8-6-5-7-17(18)21(22,23)24/h5-12,14,20,25H,4,13H2,1-3H3,(H,26,27)/t20-/m1/s1. The molecule has 1 atom stereocenters. The summed E-state index contributed by atoms with van der Waals surface area (Å²) in [6.45, 7) is 6.06. The van der Waals surface area contributed by atoms with Gasteiger partial charge in [0.15, 0.2) is 0 Å². The van der Waals surface area contributed by atoms with Gasteiger partial charge >= 0.3 is 6.18 Å². The molecule has 0 saturated carbocycles. The lowest BCUT2D eigenvalue weighted by atomic mass is 9.95. The quantitative estimate of drug-likeness (QED) is 0.696. The van der Waals surface area contributed by atoms with Gasteiger partial charge in [0, 0.05) is 6.04 Å². The van der Waals surface area contributed by atoms with Gasteiger partial charge in [0.2, 0.25) is 5.91 Å². The molecule has 27 heavy (non-hydrogen) atoms. The van der Waals surface area contributed by atoms with Crippen molar-refractivity contribution in [3.8, 4) is 0 Å². The van der Waals surface area contributed by atoms with E-state index in [1.54, 1.807) is 0 Å². The summed E-state index contributed by atoms with van der Waals surface area (Å²) < 4.78 is 39.1. The topological polar surface area (TPSA) is 41.1 Å². The molecule has 0 aliphatic carbocycles. The van der Waals surface area contributed by atoms with E-state index in [0.717, 1.165) is 18.1 Å². The lowest BCUT2D eigenvalue weighted by Gasteiger charge is -2.23. The highest BCUT2D eigenvalue weighted by molar-refractivity contribution is 5.93. The molecule has 2 N–H and O–H groups in total. The molecule has 0 aromatic heterocycles. The maximum atomic E-state index is 13.0. The summed E-state index contributed by atoms with van der Waals surface area (Å²) in [6, 6.07) is 13.0. The SMILES string of the molecule is CCc1ccc([C@H](NCC(=O)Nc2ccccc2C(F)(F)F)C(C)C)cc1. The molecular weight excluding hydrogens is 353 g/mol. The van der Waals surface area contributed by atoms with E-state index in [2.05, 4.69) is 17.6 Å². The summed E-state index contributed by atoms with van der Waals surface area (Å²) in [5.41, 5.74) is 1.19. The minimum absolute atomic E-state index is 0.0699. The number of alkyl halides is 3. The van der Waals surface area contributed by atoms with E-state index in [1.165, 1.54) is 23.8 Å². The van der Waals surface area contributed by atoms with Gasteiger partial charge in [-0.05, 0) is 35.6 Å². The molecule has 146 valence electrons. The summed E-state index contributed by atoms with van der Waals surface area (Å²) in [5, 5.41) is 5.52. The summed E-state index contributed by atoms with van der Waals surface area (Å²) >= 11 is 0. The van der Waals surface area contributed by atoms with E-state index in [1.807, 2.05) is 38.1 Å². The number of aryl methyl sites for hydroxylation is 1. The molecule has 0 aliphatic heterocycles. The lowest BCUT2D eigenvalue weighted by molar-refractivity contribution is -0.137. The van der Waals surface area contributed by atoms with Crippen LogP contribution in [0.25, 0.3) is 0 Å². The Hall–Kier alpha value is -2.34. The smallest absolute Gasteiger partial charge is 0.324 e. The number of nitrogens with one attached hydrogen (secondary N) is 2. The molecule has 6 heteroatoms. The maximum Gasteiger partial charge on any atom is 0.418 e. The van der Waals surface area contributed by atoms with Gasteiger partial charge in [-0.2, -0.15) is 13.2 Å². The van der Waals surface area contributed by atoms with Crippen LogP contribution in [0.2, 0.25) is 0 Å². The zero-order valence-electron chi connectivity index (χ0n) is 15.7. The predicted molar refractivity (Wildman–Crippen MR) is 101 cm³/mol. The Kier molecular flexibility index (Phi) is 7.02. The Bertz CT molecular complexity index is 755.